The molecule has 24 heavy (non-hydrogen) atoms. The van der Waals surface area contributed by atoms with Gasteiger partial charge in [0.15, 0.2) is 0 Å². The van der Waals surface area contributed by atoms with Crippen molar-refractivity contribution in [3.05, 3.63) is 45.0 Å². The van der Waals surface area contributed by atoms with Gasteiger partial charge in [0.1, 0.15) is 17.7 Å². The normalized spacial score (nSPS) is 11.5. The molecule has 0 atom stereocenters. The van der Waals surface area contributed by atoms with E-state index in [4.69, 9.17) is 0 Å². The van der Waals surface area contributed by atoms with Gasteiger partial charge in [-0.2, -0.15) is 9.78 Å². The van der Waals surface area contributed by atoms with Gasteiger partial charge in [-0.05, 0) is 25.3 Å². The van der Waals surface area contributed by atoms with Gasteiger partial charge < -0.3 is 0 Å². The maximum absolute atomic E-state index is 14.4. The van der Waals surface area contributed by atoms with Crippen LogP contribution in [0.2, 0.25) is 0 Å². The third-order valence-corrected chi connectivity index (χ3v) is 5.29. The number of benzene rings is 1. The highest BCUT2D eigenvalue weighted by Crippen LogP contribution is 2.30. The van der Waals surface area contributed by atoms with Crippen LogP contribution < -0.4 is 16.0 Å². The van der Waals surface area contributed by atoms with Crippen molar-refractivity contribution in [3.63, 3.8) is 0 Å². The van der Waals surface area contributed by atoms with E-state index in [-0.39, 0.29) is 17.1 Å². The van der Waals surface area contributed by atoms with Crippen LogP contribution in [0.5, 0.6) is 0 Å². The molecule has 0 bridgehead atoms. The lowest BCUT2D eigenvalue weighted by molar-refractivity contribution is 0.582. The van der Waals surface area contributed by atoms with Crippen molar-refractivity contribution in [2.75, 3.05) is 16.7 Å². The average Bonchev–Trinajstić information content (AvgIpc) is 2.54. The summed E-state index contributed by atoms with van der Waals surface area (Å²) in [5.41, 5.74) is -1.61. The van der Waals surface area contributed by atoms with E-state index in [0.717, 1.165) is 28.6 Å². The molecule has 0 radical (unpaired) electrons. The maximum Gasteiger partial charge on any atom is 0.352 e. The van der Waals surface area contributed by atoms with Gasteiger partial charge in [0.25, 0.3) is 5.56 Å². The quantitative estimate of drug-likeness (QED) is 0.767. The number of nitrogens with zero attached hydrogens (tertiary/aromatic N) is 3. The molecule has 1 aromatic heterocycles. The maximum atomic E-state index is 14.4. The fraction of sp³-hybridized carbons (Fsp3) is 0.308. The minimum atomic E-state index is -3.59. The molecule has 0 amide bonds. The Kier molecular flexibility index (Phi) is 5.13. The van der Waals surface area contributed by atoms with E-state index < -0.39 is 27.1 Å². The van der Waals surface area contributed by atoms with Crippen molar-refractivity contribution in [1.82, 2.24) is 14.3 Å². The van der Waals surface area contributed by atoms with Crippen LogP contribution in [-0.2, 0) is 17.1 Å². The summed E-state index contributed by atoms with van der Waals surface area (Å²) in [7, 11) is -2.36. The number of anilines is 1. The summed E-state index contributed by atoms with van der Waals surface area (Å²) >= 11 is 1.14. The summed E-state index contributed by atoms with van der Waals surface area (Å²) in [4.78, 5) is 23.9. The molecule has 0 unspecified atom stereocenters. The minimum absolute atomic E-state index is 0.128. The van der Waals surface area contributed by atoms with Crippen molar-refractivity contribution >= 4 is 27.5 Å². The molecule has 0 saturated heterocycles. The molecular formula is C13H15FN4O4S2. The molecule has 11 heteroatoms. The smallest absolute Gasteiger partial charge is 0.282 e. The van der Waals surface area contributed by atoms with Crippen LogP contribution in [0.25, 0.3) is 5.69 Å². The first-order valence-corrected chi connectivity index (χ1v) is 9.61. The van der Waals surface area contributed by atoms with Crippen LogP contribution in [0.15, 0.2) is 32.8 Å². The van der Waals surface area contributed by atoms with Crippen molar-refractivity contribution in [1.29, 1.82) is 0 Å². The molecule has 8 nitrogen and oxygen atoms in total. The third kappa shape index (κ3) is 3.51. The molecule has 0 saturated carbocycles. The molecule has 0 spiro atoms. The predicted molar refractivity (Wildman–Crippen MR) is 89.9 cm³/mol. The summed E-state index contributed by atoms with van der Waals surface area (Å²) in [6, 6.07) is 2.28. The van der Waals surface area contributed by atoms with Crippen LogP contribution >= 0.6 is 11.8 Å². The van der Waals surface area contributed by atoms with E-state index in [1.54, 1.807) is 6.26 Å². The van der Waals surface area contributed by atoms with Gasteiger partial charge in [-0.25, -0.2) is 17.6 Å². The van der Waals surface area contributed by atoms with Crippen molar-refractivity contribution in [2.24, 2.45) is 7.05 Å². The Balaban J connectivity index is 2.71. The van der Waals surface area contributed by atoms with Gasteiger partial charge in [0.2, 0.25) is 10.0 Å². The second kappa shape index (κ2) is 6.77. The Morgan fingerprint density at radius 2 is 2.00 bits per heavy atom. The summed E-state index contributed by atoms with van der Waals surface area (Å²) in [6.45, 7) is 1.46. The molecule has 1 heterocycles. The number of hydrogen-bond donors (Lipinski definition) is 1. The Morgan fingerprint density at radius 3 is 2.58 bits per heavy atom. The van der Waals surface area contributed by atoms with Crippen LogP contribution in [0.3, 0.4) is 0 Å². The molecule has 0 aliphatic rings. The minimum Gasteiger partial charge on any atom is -0.282 e. The number of halogens is 1. The van der Waals surface area contributed by atoms with Gasteiger partial charge in [-0.15, -0.1) is 11.8 Å². The van der Waals surface area contributed by atoms with E-state index in [1.165, 1.54) is 20.0 Å². The average molecular weight is 374 g/mol. The molecule has 0 fully saturated rings. The summed E-state index contributed by atoms with van der Waals surface area (Å²) in [5, 5.41) is 3.63. The second-order valence-electron chi connectivity index (χ2n) is 4.75. The highest BCUT2D eigenvalue weighted by atomic mass is 32.2. The SMILES string of the molecule is CCS(=O)(=O)Nc1cc(-n2ncc(=O)n(C)c2=O)c(F)cc1SC. The van der Waals surface area contributed by atoms with Crippen LogP contribution in [0.1, 0.15) is 6.92 Å². The Labute approximate surface area is 141 Å². The molecule has 130 valence electrons. The zero-order valence-corrected chi connectivity index (χ0v) is 14.7. The fourth-order valence-electron chi connectivity index (χ4n) is 1.84. The second-order valence-corrected chi connectivity index (χ2v) is 7.60. The summed E-state index contributed by atoms with van der Waals surface area (Å²) in [5.74, 6) is -0.932. The topological polar surface area (TPSA) is 103 Å². The molecule has 0 aliphatic heterocycles. The van der Waals surface area contributed by atoms with Gasteiger partial charge >= 0.3 is 5.69 Å². The van der Waals surface area contributed by atoms with Gasteiger partial charge in [0, 0.05) is 11.9 Å². The first-order chi connectivity index (χ1) is 11.2. The third-order valence-electron chi connectivity index (χ3n) is 3.22. The molecule has 2 aromatic rings. The summed E-state index contributed by atoms with van der Waals surface area (Å²) < 4.78 is 41.7. The first-order valence-electron chi connectivity index (χ1n) is 6.74. The van der Waals surface area contributed by atoms with Gasteiger partial charge in [-0.3, -0.25) is 14.1 Å². The number of nitrogens with one attached hydrogen (secondary N) is 1. The molecule has 2 rings (SSSR count). The van der Waals surface area contributed by atoms with Crippen LogP contribution in [0.4, 0.5) is 10.1 Å². The van der Waals surface area contributed by atoms with Gasteiger partial charge in [-0.1, -0.05) is 0 Å². The van der Waals surface area contributed by atoms with E-state index in [9.17, 15) is 22.4 Å². The van der Waals surface area contributed by atoms with E-state index >= 15 is 0 Å². The van der Waals surface area contributed by atoms with E-state index in [2.05, 4.69) is 9.82 Å². The fourth-order valence-corrected chi connectivity index (χ4v) is 3.10. The predicted octanol–water partition coefficient (Wildman–Crippen LogP) is 0.554. The lowest BCUT2D eigenvalue weighted by atomic mass is 10.2. The first kappa shape index (κ1) is 18.2. The number of thioether (sulfide) groups is 1. The van der Waals surface area contributed by atoms with E-state index in [1.807, 2.05) is 0 Å². The Morgan fingerprint density at radius 1 is 1.33 bits per heavy atom. The van der Waals surface area contributed by atoms with Crippen LogP contribution in [0, 0.1) is 5.82 Å². The van der Waals surface area contributed by atoms with Crippen molar-refractivity contribution in [2.45, 2.75) is 11.8 Å². The number of sulfonamides is 1. The van der Waals surface area contributed by atoms with Crippen molar-refractivity contribution in [3.8, 4) is 5.69 Å². The lowest BCUT2D eigenvalue weighted by Gasteiger charge is -2.14. The molecular weight excluding hydrogens is 359 g/mol. The number of hydrogen-bond acceptors (Lipinski definition) is 6. The lowest BCUT2D eigenvalue weighted by Crippen LogP contribution is -2.38. The highest BCUT2D eigenvalue weighted by molar-refractivity contribution is 7.99. The summed E-state index contributed by atoms with van der Waals surface area (Å²) in [6.07, 6.45) is 2.54. The highest BCUT2D eigenvalue weighted by Gasteiger charge is 2.17. The largest absolute Gasteiger partial charge is 0.352 e. The van der Waals surface area contributed by atoms with Crippen LogP contribution in [-0.4, -0.2) is 34.8 Å². The van der Waals surface area contributed by atoms with Crippen molar-refractivity contribution < 1.29 is 12.8 Å². The number of aromatic nitrogens is 3. The van der Waals surface area contributed by atoms with Gasteiger partial charge in [0.05, 0.1) is 11.4 Å². The zero-order chi connectivity index (χ0) is 18.1. The Bertz CT molecular complexity index is 998. The Hall–Kier alpha value is -2.14. The van der Waals surface area contributed by atoms with E-state index in [0.29, 0.717) is 9.58 Å². The monoisotopic (exact) mass is 374 g/mol. The molecule has 0 aliphatic carbocycles. The number of rotatable bonds is 5. The standard InChI is InChI=1S/C13H15FN4O4S2/c1-4-24(21,22)16-9-6-10(8(14)5-11(9)23-3)18-13(20)17(2)12(19)7-15-18/h5-7,16H,4H2,1-3H3. The molecule has 1 N–H and O–H groups in total. The molecule has 1 aromatic carbocycles. The zero-order valence-electron chi connectivity index (χ0n) is 13.1.